The predicted molar refractivity (Wildman–Crippen MR) is 214 cm³/mol. The molecular formula is C45H35BN2Si. The number of hydrogen-bond donors (Lipinski definition) is 1. The molecule has 0 saturated heterocycles. The van der Waals surface area contributed by atoms with E-state index in [9.17, 15) is 0 Å². The van der Waals surface area contributed by atoms with Crippen molar-refractivity contribution in [2.45, 2.75) is 32.4 Å². The van der Waals surface area contributed by atoms with Crippen molar-refractivity contribution in [2.24, 2.45) is 0 Å². The molecule has 0 unspecified atom stereocenters. The van der Waals surface area contributed by atoms with Gasteiger partial charge in [-0.3, -0.25) is 0 Å². The van der Waals surface area contributed by atoms with Crippen molar-refractivity contribution in [2.75, 3.05) is 4.90 Å². The van der Waals surface area contributed by atoms with Gasteiger partial charge < -0.3 is 9.88 Å². The smallest absolute Gasteiger partial charge is 0.198 e. The Morgan fingerprint density at radius 2 is 1.39 bits per heavy atom. The highest BCUT2D eigenvalue weighted by Crippen LogP contribution is 2.55. The second kappa shape index (κ2) is 9.22. The number of nitrogens with zero attached hydrogens (tertiary/aromatic N) is 1. The first-order valence-electron chi connectivity index (χ1n) is 17.6. The summed E-state index contributed by atoms with van der Waals surface area (Å²) in [7, 11) is -0.999. The van der Waals surface area contributed by atoms with Gasteiger partial charge in [0.1, 0.15) is 8.07 Å². The number of benzene rings is 7. The number of aromatic amines is 1. The lowest BCUT2D eigenvalue weighted by Crippen LogP contribution is -2.62. The van der Waals surface area contributed by atoms with Gasteiger partial charge in [-0.05, 0) is 72.6 Å². The summed E-state index contributed by atoms with van der Waals surface area (Å²) in [5.74, 6) is 0. The van der Waals surface area contributed by atoms with Gasteiger partial charge in [-0.15, -0.1) is 0 Å². The van der Waals surface area contributed by atoms with Crippen LogP contribution in [0.2, 0.25) is 13.1 Å². The summed E-state index contributed by atoms with van der Waals surface area (Å²) in [6, 6.07) is 48.3. The summed E-state index contributed by atoms with van der Waals surface area (Å²) in [6.45, 7) is 9.93. The van der Waals surface area contributed by atoms with E-state index in [4.69, 9.17) is 0 Å². The quantitative estimate of drug-likeness (QED) is 0.178. The Morgan fingerprint density at radius 3 is 2.31 bits per heavy atom. The van der Waals surface area contributed by atoms with Crippen LogP contribution in [0.3, 0.4) is 0 Å². The van der Waals surface area contributed by atoms with Crippen LogP contribution in [-0.4, -0.2) is 20.3 Å². The van der Waals surface area contributed by atoms with Gasteiger partial charge in [-0.25, -0.2) is 0 Å². The molecule has 232 valence electrons. The summed E-state index contributed by atoms with van der Waals surface area (Å²) < 4.78 is 0. The Balaban J connectivity index is 1.31. The average Bonchev–Trinajstić information content (AvgIpc) is 3.62. The van der Waals surface area contributed by atoms with Crippen molar-refractivity contribution >= 4 is 86.3 Å². The number of rotatable bonds is 1. The fraction of sp³-hybridized carbons (Fsp3) is 0.111. The maximum absolute atomic E-state index is 3.97. The van der Waals surface area contributed by atoms with E-state index in [0.29, 0.717) is 0 Å². The summed E-state index contributed by atoms with van der Waals surface area (Å²) in [5.41, 5.74) is 17.5. The van der Waals surface area contributed by atoms with Crippen LogP contribution in [0.1, 0.15) is 25.0 Å². The third kappa shape index (κ3) is 3.37. The van der Waals surface area contributed by atoms with Crippen LogP contribution in [0.5, 0.6) is 0 Å². The number of para-hydroxylation sites is 3. The Bertz CT molecular complexity index is 2770. The number of nitrogens with one attached hydrogen (secondary N) is 1. The zero-order valence-electron chi connectivity index (χ0n) is 28.3. The fourth-order valence-electron chi connectivity index (χ4n) is 9.95. The van der Waals surface area contributed by atoms with Gasteiger partial charge in [0.2, 0.25) is 0 Å². The van der Waals surface area contributed by atoms with E-state index >= 15 is 0 Å². The minimum absolute atomic E-state index is 0.159. The Morgan fingerprint density at radius 1 is 0.653 bits per heavy atom. The number of anilines is 3. The van der Waals surface area contributed by atoms with E-state index in [1.54, 1.807) is 5.19 Å². The molecule has 7 aromatic carbocycles. The van der Waals surface area contributed by atoms with Gasteiger partial charge in [-0.1, -0.05) is 142 Å². The third-order valence-electron chi connectivity index (χ3n) is 12.2. The first-order chi connectivity index (χ1) is 23.8. The number of H-pyrrole nitrogens is 1. The Kier molecular flexibility index (Phi) is 5.20. The first kappa shape index (κ1) is 27.6. The molecule has 1 N–H and O–H groups in total. The average molecular weight is 643 g/mol. The fourth-order valence-corrected chi connectivity index (χ4v) is 13.0. The molecule has 49 heavy (non-hydrogen) atoms. The van der Waals surface area contributed by atoms with Crippen molar-refractivity contribution in [3.05, 3.63) is 139 Å². The topological polar surface area (TPSA) is 19.0 Å². The summed E-state index contributed by atoms with van der Waals surface area (Å²) >= 11 is 0. The second-order valence-electron chi connectivity index (χ2n) is 15.4. The highest BCUT2D eigenvalue weighted by atomic mass is 28.3. The molecule has 3 aliphatic rings. The minimum Gasteiger partial charge on any atom is -0.354 e. The maximum atomic E-state index is 3.97. The maximum Gasteiger partial charge on any atom is 0.198 e. The van der Waals surface area contributed by atoms with E-state index in [2.05, 4.69) is 164 Å². The molecule has 0 radical (unpaired) electrons. The molecule has 0 amide bonds. The van der Waals surface area contributed by atoms with Gasteiger partial charge in [0.25, 0.3) is 0 Å². The lowest BCUT2D eigenvalue weighted by Gasteiger charge is -2.45. The lowest BCUT2D eigenvalue weighted by molar-refractivity contribution is 0.662. The lowest BCUT2D eigenvalue weighted by atomic mass is 9.56. The molecule has 2 aliphatic heterocycles. The normalized spacial score (nSPS) is 15.8. The minimum atomic E-state index is -1.91. The number of fused-ring (bicyclic) bond motifs is 12. The Labute approximate surface area is 288 Å². The van der Waals surface area contributed by atoms with Gasteiger partial charge in [0.15, 0.2) is 7.28 Å². The van der Waals surface area contributed by atoms with Crippen LogP contribution in [-0.2, 0) is 5.41 Å². The highest BCUT2D eigenvalue weighted by molar-refractivity contribution is 7.03. The number of aromatic nitrogens is 1. The van der Waals surface area contributed by atoms with Crippen LogP contribution < -0.4 is 26.2 Å². The SMILES string of the molecule is CC1(C)c2ccccc2-c2cc3c(c(-c4cccc5c4[nH]c4ccc6ccccc6c45)c21)Bc1cccc2c1N3c1ccccc1[Si]2(C)C. The van der Waals surface area contributed by atoms with Crippen LogP contribution in [0.25, 0.3) is 54.8 Å². The molecule has 0 fully saturated rings. The van der Waals surface area contributed by atoms with Crippen LogP contribution in [0, 0.1) is 0 Å². The largest absolute Gasteiger partial charge is 0.354 e. The monoisotopic (exact) mass is 642 g/mol. The molecule has 0 bridgehead atoms. The van der Waals surface area contributed by atoms with Gasteiger partial charge in [-0.2, -0.15) is 0 Å². The zero-order chi connectivity index (χ0) is 32.8. The van der Waals surface area contributed by atoms with Gasteiger partial charge >= 0.3 is 0 Å². The Hall–Kier alpha value is -5.32. The molecule has 0 saturated carbocycles. The third-order valence-corrected chi connectivity index (χ3v) is 15.7. The molecule has 11 rings (SSSR count). The van der Waals surface area contributed by atoms with Crippen molar-refractivity contribution in [3.8, 4) is 22.3 Å². The molecule has 2 nitrogen and oxygen atoms in total. The summed E-state index contributed by atoms with van der Waals surface area (Å²) in [6.07, 6.45) is 0. The van der Waals surface area contributed by atoms with E-state index in [1.807, 2.05) is 0 Å². The van der Waals surface area contributed by atoms with E-state index in [-0.39, 0.29) is 5.41 Å². The van der Waals surface area contributed by atoms with Crippen LogP contribution >= 0.6 is 0 Å². The van der Waals surface area contributed by atoms with Gasteiger partial charge in [0.05, 0.1) is 5.52 Å². The van der Waals surface area contributed by atoms with E-state index < -0.39 is 8.07 Å². The first-order valence-corrected chi connectivity index (χ1v) is 20.6. The van der Waals surface area contributed by atoms with Crippen molar-refractivity contribution < 1.29 is 0 Å². The number of hydrogen-bond acceptors (Lipinski definition) is 1. The zero-order valence-corrected chi connectivity index (χ0v) is 29.3. The van der Waals surface area contributed by atoms with Crippen LogP contribution in [0.4, 0.5) is 17.1 Å². The molecular weight excluding hydrogens is 607 g/mol. The highest BCUT2D eigenvalue weighted by Gasteiger charge is 2.45. The van der Waals surface area contributed by atoms with Crippen molar-refractivity contribution in [1.29, 1.82) is 0 Å². The molecule has 4 heteroatoms. The molecule has 3 heterocycles. The predicted octanol–water partition coefficient (Wildman–Crippen LogP) is 8.75. The molecule has 1 aromatic heterocycles. The van der Waals surface area contributed by atoms with E-state index in [1.165, 1.54) is 99.1 Å². The van der Waals surface area contributed by atoms with Crippen LogP contribution in [0.15, 0.2) is 127 Å². The van der Waals surface area contributed by atoms with Gasteiger partial charge in [0, 0.05) is 44.3 Å². The summed E-state index contributed by atoms with van der Waals surface area (Å²) in [4.78, 5) is 6.61. The van der Waals surface area contributed by atoms with Crippen molar-refractivity contribution in [1.82, 2.24) is 4.98 Å². The molecule has 0 atom stereocenters. The molecule has 8 aromatic rings. The standard InChI is InChI=1S/C45H35BN2Si/c1-45(2)32-18-8-7-15-28(32)31-25-36-42(46-33-19-12-22-38-44(33)48(36)35-20-9-10-21-37(35)49(38,3)4)40(41(31)45)30-17-11-16-29-39-27-14-6-5-13-26(27)23-24-34(39)47-43(29)30/h5-25,46-47H,1-4H3. The van der Waals surface area contributed by atoms with Crippen molar-refractivity contribution in [3.63, 3.8) is 0 Å². The molecule has 1 aliphatic carbocycles. The van der Waals surface area contributed by atoms with E-state index in [0.717, 1.165) is 7.28 Å². The summed E-state index contributed by atoms with van der Waals surface area (Å²) in [5, 5.41) is 8.24. The second-order valence-corrected chi connectivity index (χ2v) is 19.7. The molecule has 0 spiro atoms.